The normalized spacial score (nSPS) is 14.1. The van der Waals surface area contributed by atoms with Gasteiger partial charge in [0, 0.05) is 44.4 Å². The van der Waals surface area contributed by atoms with Crippen molar-refractivity contribution in [1.82, 2.24) is 24.2 Å². The highest BCUT2D eigenvalue weighted by atomic mass is 16.2. The van der Waals surface area contributed by atoms with E-state index < -0.39 is 11.3 Å². The van der Waals surface area contributed by atoms with Crippen LogP contribution in [0.2, 0.25) is 0 Å². The van der Waals surface area contributed by atoms with E-state index in [4.69, 9.17) is 0 Å². The van der Waals surface area contributed by atoms with Gasteiger partial charge in [-0.05, 0) is 43.4 Å². The third kappa shape index (κ3) is 5.05. The summed E-state index contributed by atoms with van der Waals surface area (Å²) in [4.78, 5) is 45.6. The van der Waals surface area contributed by atoms with Crippen molar-refractivity contribution < 1.29 is 9.59 Å². The van der Waals surface area contributed by atoms with Gasteiger partial charge in [-0.2, -0.15) is 0 Å². The summed E-state index contributed by atoms with van der Waals surface area (Å²) in [6.07, 6.45) is 11.2. The second-order valence-electron chi connectivity index (χ2n) is 9.76. The third-order valence-electron chi connectivity index (χ3n) is 6.35. The Labute approximate surface area is 199 Å². The van der Waals surface area contributed by atoms with Crippen LogP contribution in [0.3, 0.4) is 0 Å². The van der Waals surface area contributed by atoms with E-state index in [-0.39, 0.29) is 35.5 Å². The maximum absolute atomic E-state index is 13.3. The Morgan fingerprint density at radius 2 is 1.88 bits per heavy atom. The molecule has 1 fully saturated rings. The first-order valence-electron chi connectivity index (χ1n) is 12.0. The molecule has 3 aromatic rings. The van der Waals surface area contributed by atoms with Crippen LogP contribution >= 0.6 is 0 Å². The van der Waals surface area contributed by atoms with E-state index in [1.807, 2.05) is 54.3 Å². The van der Waals surface area contributed by atoms with E-state index in [2.05, 4.69) is 10.3 Å². The number of pyridine rings is 2. The lowest BCUT2D eigenvalue weighted by Gasteiger charge is -2.22. The fraction of sp³-hybridized carbons (Fsp3) is 0.462. The summed E-state index contributed by atoms with van der Waals surface area (Å²) < 4.78 is 3.79. The summed E-state index contributed by atoms with van der Waals surface area (Å²) in [6, 6.07) is 4.14. The molecule has 180 valence electrons. The monoisotopic (exact) mass is 463 g/mol. The van der Waals surface area contributed by atoms with Crippen molar-refractivity contribution in [2.24, 2.45) is 5.92 Å². The van der Waals surface area contributed by atoms with E-state index in [0.717, 1.165) is 36.9 Å². The molecular formula is C26H33N5O3. The van der Waals surface area contributed by atoms with Gasteiger partial charge < -0.3 is 19.2 Å². The molecule has 1 saturated carbocycles. The van der Waals surface area contributed by atoms with E-state index >= 15 is 0 Å². The van der Waals surface area contributed by atoms with Crippen molar-refractivity contribution in [1.29, 1.82) is 0 Å². The van der Waals surface area contributed by atoms with Gasteiger partial charge in [0.2, 0.25) is 5.43 Å². The van der Waals surface area contributed by atoms with Gasteiger partial charge in [0.15, 0.2) is 0 Å². The molecule has 0 aliphatic heterocycles. The molecule has 8 nitrogen and oxygen atoms in total. The number of carbonyl (C=O) groups excluding carboxylic acids is 2. The van der Waals surface area contributed by atoms with Gasteiger partial charge in [0.05, 0.1) is 12.2 Å². The highest BCUT2D eigenvalue weighted by molar-refractivity contribution is 5.99. The molecule has 0 saturated heterocycles. The molecule has 3 heterocycles. The van der Waals surface area contributed by atoms with Crippen LogP contribution in [0.4, 0.5) is 0 Å². The van der Waals surface area contributed by atoms with Gasteiger partial charge in [-0.1, -0.05) is 26.7 Å². The van der Waals surface area contributed by atoms with E-state index in [1.54, 1.807) is 24.3 Å². The summed E-state index contributed by atoms with van der Waals surface area (Å²) in [5, 5.41) is 2.82. The van der Waals surface area contributed by atoms with Crippen molar-refractivity contribution in [3.63, 3.8) is 0 Å². The number of hydrogen-bond donors (Lipinski definition) is 1. The van der Waals surface area contributed by atoms with Crippen molar-refractivity contribution in [3.05, 3.63) is 69.5 Å². The number of nitrogens with one attached hydrogen (secondary N) is 1. The van der Waals surface area contributed by atoms with E-state index in [1.165, 1.54) is 0 Å². The molecule has 0 spiro atoms. The Morgan fingerprint density at radius 1 is 1.18 bits per heavy atom. The number of rotatable bonds is 7. The summed E-state index contributed by atoms with van der Waals surface area (Å²) in [5.74, 6) is -0.575. The molecule has 0 radical (unpaired) electrons. The van der Waals surface area contributed by atoms with Crippen LogP contribution in [0.25, 0.3) is 5.65 Å². The lowest BCUT2D eigenvalue weighted by molar-refractivity contribution is 0.0776. The predicted octanol–water partition coefficient (Wildman–Crippen LogP) is 3.58. The number of amides is 2. The minimum absolute atomic E-state index is 0.00435. The quantitative estimate of drug-likeness (QED) is 0.580. The number of carbonyl (C=O) groups is 2. The Balaban J connectivity index is 1.61. The summed E-state index contributed by atoms with van der Waals surface area (Å²) >= 11 is 0. The molecule has 2 amide bonds. The molecule has 34 heavy (non-hydrogen) atoms. The molecule has 3 aromatic heterocycles. The van der Waals surface area contributed by atoms with Gasteiger partial charge in [-0.15, -0.1) is 0 Å². The van der Waals surface area contributed by atoms with Crippen molar-refractivity contribution in [3.8, 4) is 0 Å². The van der Waals surface area contributed by atoms with E-state index in [0.29, 0.717) is 12.2 Å². The van der Waals surface area contributed by atoms with Crippen LogP contribution in [-0.2, 0) is 6.54 Å². The fourth-order valence-corrected chi connectivity index (χ4v) is 4.65. The number of aromatic nitrogens is 3. The van der Waals surface area contributed by atoms with Gasteiger partial charge in [-0.25, -0.2) is 4.98 Å². The minimum Gasteiger partial charge on any atom is -0.349 e. The first-order chi connectivity index (χ1) is 16.2. The van der Waals surface area contributed by atoms with Crippen LogP contribution < -0.4 is 10.7 Å². The zero-order valence-electron chi connectivity index (χ0n) is 20.4. The van der Waals surface area contributed by atoms with Crippen molar-refractivity contribution in [2.45, 2.75) is 59.0 Å². The zero-order chi connectivity index (χ0) is 24.4. The molecule has 0 aromatic carbocycles. The number of hydrogen-bond acceptors (Lipinski definition) is 4. The number of aryl methyl sites for hydroxylation is 1. The lowest BCUT2D eigenvalue weighted by atomic mass is 10.1. The second kappa shape index (κ2) is 9.83. The number of fused-ring (bicyclic) bond motifs is 1. The van der Waals surface area contributed by atoms with Crippen LogP contribution in [0, 0.1) is 12.8 Å². The summed E-state index contributed by atoms with van der Waals surface area (Å²) in [5.41, 5.74) is 2.11. The smallest absolute Gasteiger partial charge is 0.259 e. The first kappa shape index (κ1) is 23.7. The average molecular weight is 464 g/mol. The Bertz CT molecular complexity index is 1270. The maximum Gasteiger partial charge on any atom is 0.259 e. The molecule has 1 aliphatic carbocycles. The third-order valence-corrected chi connectivity index (χ3v) is 6.35. The average Bonchev–Trinajstić information content (AvgIpc) is 3.46. The van der Waals surface area contributed by atoms with E-state index in [9.17, 15) is 14.4 Å². The largest absolute Gasteiger partial charge is 0.349 e. The molecule has 1 aliphatic rings. The maximum atomic E-state index is 13.3. The lowest BCUT2D eigenvalue weighted by Crippen LogP contribution is -2.37. The van der Waals surface area contributed by atoms with Crippen LogP contribution in [0.1, 0.15) is 77.5 Å². The molecular weight excluding hydrogens is 430 g/mol. The molecule has 0 bridgehead atoms. The van der Waals surface area contributed by atoms with Crippen molar-refractivity contribution >= 4 is 17.5 Å². The van der Waals surface area contributed by atoms with Gasteiger partial charge in [-0.3, -0.25) is 14.4 Å². The minimum atomic E-state index is -0.530. The van der Waals surface area contributed by atoms with Crippen LogP contribution in [0.5, 0.6) is 0 Å². The van der Waals surface area contributed by atoms with Crippen LogP contribution in [0.15, 0.2) is 41.7 Å². The standard InChI is InChI=1S/C26H33N5O3/c1-17(2)13-29(4)26(34)22-16-31(20-7-5-6-8-20)15-21(24(22)32)25(33)27-12-19-14-30-10-9-18(3)11-23(30)28-19/h9-11,14-17,20H,5-8,12-13H2,1-4H3,(H,27,33). The topological polar surface area (TPSA) is 88.7 Å². The van der Waals surface area contributed by atoms with Gasteiger partial charge in [0.1, 0.15) is 16.8 Å². The van der Waals surface area contributed by atoms with Crippen molar-refractivity contribution in [2.75, 3.05) is 13.6 Å². The molecule has 0 atom stereocenters. The fourth-order valence-electron chi connectivity index (χ4n) is 4.65. The number of nitrogens with zero attached hydrogens (tertiary/aromatic N) is 4. The van der Waals surface area contributed by atoms with Gasteiger partial charge >= 0.3 is 0 Å². The summed E-state index contributed by atoms with van der Waals surface area (Å²) in [7, 11) is 1.69. The number of imidazole rings is 1. The van der Waals surface area contributed by atoms with Crippen LogP contribution in [-0.4, -0.2) is 44.3 Å². The Morgan fingerprint density at radius 3 is 2.59 bits per heavy atom. The first-order valence-corrected chi connectivity index (χ1v) is 12.0. The second-order valence-corrected chi connectivity index (χ2v) is 9.76. The molecule has 8 heteroatoms. The summed E-state index contributed by atoms with van der Waals surface area (Å²) in [6.45, 7) is 6.76. The SMILES string of the molecule is Cc1ccn2cc(CNC(=O)c3cn(C4CCCC4)cc(C(=O)N(C)CC(C)C)c3=O)nc2c1. The molecule has 4 rings (SSSR count). The molecule has 0 unspecified atom stereocenters. The highest BCUT2D eigenvalue weighted by Crippen LogP contribution is 2.29. The molecule has 1 N–H and O–H groups in total. The predicted molar refractivity (Wildman–Crippen MR) is 131 cm³/mol. The zero-order valence-corrected chi connectivity index (χ0v) is 20.4. The van der Waals surface area contributed by atoms with Gasteiger partial charge in [0.25, 0.3) is 11.8 Å². The highest BCUT2D eigenvalue weighted by Gasteiger charge is 2.25. The Hall–Kier alpha value is -3.42. The Kier molecular flexibility index (Phi) is 6.86.